The second kappa shape index (κ2) is 5.51. The minimum Gasteiger partial charge on any atom is -0.386 e. The highest BCUT2D eigenvalue weighted by Crippen LogP contribution is 2.32. The first kappa shape index (κ1) is 14.7. The van der Waals surface area contributed by atoms with Crippen molar-refractivity contribution in [3.05, 3.63) is 33.8 Å². The van der Waals surface area contributed by atoms with Crippen molar-refractivity contribution in [2.75, 3.05) is 0 Å². The Balaban J connectivity index is 3.00. The van der Waals surface area contributed by atoms with Crippen LogP contribution in [-0.2, 0) is 14.5 Å². The van der Waals surface area contributed by atoms with Gasteiger partial charge in [0.05, 0.1) is 0 Å². The van der Waals surface area contributed by atoms with Gasteiger partial charge < -0.3 is 5.11 Å². The summed E-state index contributed by atoms with van der Waals surface area (Å²) in [7, 11) is -4.15. The molecule has 0 radical (unpaired) electrons. The Morgan fingerprint density at radius 2 is 1.82 bits per heavy atom. The molecule has 1 aromatic rings. The Labute approximate surface area is 109 Å². The summed E-state index contributed by atoms with van der Waals surface area (Å²) in [6, 6.07) is 4.65. The van der Waals surface area contributed by atoms with E-state index in [1.165, 1.54) is 19.1 Å². The molecule has 3 N–H and O–H groups in total. The van der Waals surface area contributed by atoms with Crippen molar-refractivity contribution < 1.29 is 17.7 Å². The molecule has 17 heavy (non-hydrogen) atoms. The van der Waals surface area contributed by atoms with Crippen molar-refractivity contribution in [3.8, 4) is 0 Å². The quantitative estimate of drug-likeness (QED) is 0.884. The summed E-state index contributed by atoms with van der Waals surface area (Å²) in [6.07, 6.45) is -2.39. The van der Waals surface area contributed by atoms with Gasteiger partial charge in [0, 0.05) is 15.6 Å². The standard InChI is InChI=1S/C9H11Cl2NO4S/c1-5(16-17(12,14)15)9(13)8-6(10)3-2-4-7(8)11/h2-5,9,13H,1H3,(H2,12,14,15)/t5-,9-/m0/s1. The van der Waals surface area contributed by atoms with Gasteiger partial charge in [-0.2, -0.15) is 8.42 Å². The molecule has 0 aliphatic heterocycles. The Morgan fingerprint density at radius 1 is 1.35 bits per heavy atom. The summed E-state index contributed by atoms with van der Waals surface area (Å²) in [5.41, 5.74) is 0.201. The zero-order valence-electron chi connectivity index (χ0n) is 8.80. The number of aliphatic hydroxyl groups excluding tert-OH is 1. The van der Waals surface area contributed by atoms with Gasteiger partial charge >= 0.3 is 10.3 Å². The molecule has 0 spiro atoms. The van der Waals surface area contributed by atoms with Gasteiger partial charge in [0.25, 0.3) is 0 Å². The molecular formula is C9H11Cl2NO4S. The number of halogens is 2. The molecule has 8 heteroatoms. The molecule has 0 aliphatic rings. The zero-order valence-corrected chi connectivity index (χ0v) is 11.1. The van der Waals surface area contributed by atoms with Crippen LogP contribution in [0.3, 0.4) is 0 Å². The first-order valence-electron chi connectivity index (χ1n) is 4.55. The number of rotatable bonds is 4. The highest BCUT2D eigenvalue weighted by Gasteiger charge is 2.25. The largest absolute Gasteiger partial charge is 0.386 e. The number of nitrogens with two attached hydrogens (primary N) is 1. The lowest BCUT2D eigenvalue weighted by atomic mass is 10.1. The molecule has 1 rings (SSSR count). The molecule has 0 saturated heterocycles. The first-order valence-corrected chi connectivity index (χ1v) is 6.78. The SMILES string of the molecule is C[C@H](OS(N)(=O)=O)[C@H](O)c1c(Cl)cccc1Cl. The van der Waals surface area contributed by atoms with Gasteiger partial charge in [-0.1, -0.05) is 29.3 Å². The van der Waals surface area contributed by atoms with Crippen LogP contribution in [-0.4, -0.2) is 19.6 Å². The molecule has 96 valence electrons. The zero-order chi connectivity index (χ0) is 13.2. The van der Waals surface area contributed by atoms with Crippen LogP contribution in [0.25, 0.3) is 0 Å². The third kappa shape index (κ3) is 4.09. The van der Waals surface area contributed by atoms with E-state index in [0.717, 1.165) is 0 Å². The summed E-state index contributed by atoms with van der Waals surface area (Å²) in [5.74, 6) is 0. The predicted octanol–water partition coefficient (Wildman–Crippen LogP) is 1.64. The van der Waals surface area contributed by atoms with E-state index in [1.807, 2.05) is 0 Å². The second-order valence-electron chi connectivity index (χ2n) is 3.37. The summed E-state index contributed by atoms with van der Waals surface area (Å²) >= 11 is 11.7. The predicted molar refractivity (Wildman–Crippen MR) is 65.1 cm³/mol. The lowest BCUT2D eigenvalue weighted by Crippen LogP contribution is -2.27. The van der Waals surface area contributed by atoms with Crippen LogP contribution in [0.5, 0.6) is 0 Å². The van der Waals surface area contributed by atoms with Crippen molar-refractivity contribution in [2.45, 2.75) is 19.1 Å². The minimum atomic E-state index is -4.15. The molecule has 1 aromatic carbocycles. The van der Waals surface area contributed by atoms with Crippen LogP contribution in [0.2, 0.25) is 10.0 Å². The molecule has 0 aromatic heterocycles. The monoisotopic (exact) mass is 299 g/mol. The number of hydrogen-bond acceptors (Lipinski definition) is 4. The van der Waals surface area contributed by atoms with E-state index in [9.17, 15) is 13.5 Å². The van der Waals surface area contributed by atoms with E-state index < -0.39 is 22.5 Å². The maximum absolute atomic E-state index is 10.7. The van der Waals surface area contributed by atoms with Crippen molar-refractivity contribution in [1.29, 1.82) is 0 Å². The fourth-order valence-electron chi connectivity index (χ4n) is 1.29. The fraction of sp³-hybridized carbons (Fsp3) is 0.333. The Hall–Kier alpha value is -0.370. The van der Waals surface area contributed by atoms with E-state index in [2.05, 4.69) is 4.18 Å². The average molecular weight is 300 g/mol. The van der Waals surface area contributed by atoms with Crippen molar-refractivity contribution in [3.63, 3.8) is 0 Å². The number of hydrogen-bond donors (Lipinski definition) is 2. The smallest absolute Gasteiger partial charge is 0.333 e. The summed E-state index contributed by atoms with van der Waals surface area (Å²) in [4.78, 5) is 0. The van der Waals surface area contributed by atoms with Crippen molar-refractivity contribution in [2.24, 2.45) is 5.14 Å². The van der Waals surface area contributed by atoms with Crippen molar-refractivity contribution >= 4 is 33.5 Å². The Bertz CT molecular complexity index is 485. The summed E-state index contributed by atoms with van der Waals surface area (Å²) < 4.78 is 25.9. The lowest BCUT2D eigenvalue weighted by molar-refractivity contribution is 0.0509. The van der Waals surface area contributed by atoms with Gasteiger partial charge in [0.1, 0.15) is 12.2 Å². The van der Waals surface area contributed by atoms with Gasteiger partial charge in [-0.05, 0) is 19.1 Å². The molecular weight excluding hydrogens is 289 g/mol. The normalized spacial score (nSPS) is 15.6. The first-order chi connectivity index (χ1) is 7.72. The van der Waals surface area contributed by atoms with Crippen LogP contribution in [0.4, 0.5) is 0 Å². The topological polar surface area (TPSA) is 89.6 Å². The molecule has 5 nitrogen and oxygen atoms in total. The molecule has 0 aliphatic carbocycles. The molecule has 0 fully saturated rings. The Kier molecular flexibility index (Phi) is 4.77. The van der Waals surface area contributed by atoms with E-state index in [1.54, 1.807) is 6.07 Å². The average Bonchev–Trinajstić information content (AvgIpc) is 2.14. The minimum absolute atomic E-state index is 0.201. The molecule has 0 amide bonds. The van der Waals surface area contributed by atoms with Crippen LogP contribution in [0.1, 0.15) is 18.6 Å². The third-order valence-corrected chi connectivity index (χ3v) is 3.26. The van der Waals surface area contributed by atoms with E-state index >= 15 is 0 Å². The van der Waals surface area contributed by atoms with Gasteiger partial charge in [-0.3, -0.25) is 4.18 Å². The van der Waals surface area contributed by atoms with Crippen molar-refractivity contribution in [1.82, 2.24) is 0 Å². The highest BCUT2D eigenvalue weighted by molar-refractivity contribution is 7.84. The highest BCUT2D eigenvalue weighted by atomic mass is 35.5. The van der Waals surface area contributed by atoms with Crippen LogP contribution in [0, 0.1) is 0 Å². The van der Waals surface area contributed by atoms with E-state index in [4.69, 9.17) is 28.3 Å². The lowest BCUT2D eigenvalue weighted by Gasteiger charge is -2.20. The maximum atomic E-state index is 10.7. The van der Waals surface area contributed by atoms with E-state index in [0.29, 0.717) is 0 Å². The second-order valence-corrected chi connectivity index (χ2v) is 5.37. The maximum Gasteiger partial charge on any atom is 0.333 e. The molecule has 0 bridgehead atoms. The van der Waals surface area contributed by atoms with Crippen LogP contribution >= 0.6 is 23.2 Å². The van der Waals surface area contributed by atoms with Crippen LogP contribution in [0.15, 0.2) is 18.2 Å². The van der Waals surface area contributed by atoms with Gasteiger partial charge in [-0.15, -0.1) is 0 Å². The Morgan fingerprint density at radius 3 is 2.24 bits per heavy atom. The third-order valence-electron chi connectivity index (χ3n) is 2.03. The molecule has 0 unspecified atom stereocenters. The summed E-state index contributed by atoms with van der Waals surface area (Å²) in [6.45, 7) is 1.34. The van der Waals surface area contributed by atoms with Gasteiger partial charge in [0.2, 0.25) is 0 Å². The number of benzene rings is 1. The van der Waals surface area contributed by atoms with Gasteiger partial charge in [0.15, 0.2) is 0 Å². The molecule has 2 atom stereocenters. The number of aliphatic hydroxyl groups is 1. The molecule has 0 saturated carbocycles. The van der Waals surface area contributed by atoms with E-state index in [-0.39, 0.29) is 15.6 Å². The fourth-order valence-corrected chi connectivity index (χ4v) is 2.44. The van der Waals surface area contributed by atoms with Gasteiger partial charge in [-0.25, -0.2) is 5.14 Å². The molecule has 0 heterocycles. The summed E-state index contributed by atoms with van der Waals surface area (Å²) in [5, 5.41) is 15.0. The van der Waals surface area contributed by atoms with Crippen LogP contribution < -0.4 is 5.14 Å².